The zero-order valence-corrected chi connectivity index (χ0v) is 15.1. The van der Waals surface area contributed by atoms with Gasteiger partial charge in [0.1, 0.15) is 0 Å². The summed E-state index contributed by atoms with van der Waals surface area (Å²) in [6.07, 6.45) is 11.8. The molecule has 0 saturated carbocycles. The maximum atomic E-state index is 8.35. The molecule has 0 radical (unpaired) electrons. The molecule has 0 saturated heterocycles. The Morgan fingerprint density at radius 2 is 1.24 bits per heavy atom. The van der Waals surface area contributed by atoms with Gasteiger partial charge in [-0.3, -0.25) is 0 Å². The number of isocyanates is 3. The number of hydrogen-bond donors (Lipinski definition) is 3. The van der Waals surface area contributed by atoms with Crippen molar-refractivity contribution in [3.63, 3.8) is 0 Å². The first kappa shape index (κ1) is 27.2. The third-order valence-electron chi connectivity index (χ3n) is 3.31. The van der Waals surface area contributed by atoms with Gasteiger partial charge in [-0.15, -0.1) is 0 Å². The normalized spacial score (nSPS) is 9.04. The zero-order chi connectivity index (χ0) is 19.8. The van der Waals surface area contributed by atoms with Gasteiger partial charge >= 0.3 is 0 Å². The van der Waals surface area contributed by atoms with Crippen LogP contribution in [0.1, 0.15) is 70.3 Å². The van der Waals surface area contributed by atoms with Crippen LogP contribution in [0.25, 0.3) is 0 Å². The molecule has 0 aromatic heterocycles. The Labute approximate surface area is 150 Å². The molecule has 1 aromatic rings. The average molecular weight is 347 g/mol. The van der Waals surface area contributed by atoms with Crippen LogP contribution >= 0.6 is 0 Å². The van der Waals surface area contributed by atoms with Crippen molar-refractivity contribution in [2.45, 2.75) is 64.7 Å². The van der Waals surface area contributed by atoms with E-state index in [9.17, 15) is 0 Å². The van der Waals surface area contributed by atoms with Crippen LogP contribution in [0.15, 0.2) is 30.3 Å². The fourth-order valence-corrected chi connectivity index (χ4v) is 2.37. The minimum absolute atomic E-state index is 0.750. The summed E-state index contributed by atoms with van der Waals surface area (Å²) in [6.45, 7) is 4.57. The molecule has 1 rings (SSSR count). The number of benzene rings is 1. The van der Waals surface area contributed by atoms with Crippen molar-refractivity contribution in [2.24, 2.45) is 0 Å². The number of carbonyl (C=O) groups excluding carboxylic acids is 3. The molecule has 0 spiro atoms. The Morgan fingerprint density at radius 3 is 1.64 bits per heavy atom. The van der Waals surface area contributed by atoms with E-state index < -0.39 is 0 Å². The van der Waals surface area contributed by atoms with Crippen molar-refractivity contribution in [1.29, 1.82) is 16.2 Å². The Kier molecular flexibility index (Phi) is 28.6. The molecule has 0 aliphatic rings. The number of nitrogens with one attached hydrogen (secondary N) is 3. The maximum absolute atomic E-state index is 8.35. The van der Waals surface area contributed by atoms with Gasteiger partial charge in [0.05, 0.1) is 0 Å². The third-order valence-corrected chi connectivity index (χ3v) is 3.31. The lowest BCUT2D eigenvalue weighted by Crippen LogP contribution is -1.98. The quantitative estimate of drug-likeness (QED) is 0.338. The molecule has 6 heteroatoms. The second-order valence-electron chi connectivity index (χ2n) is 5.05. The molecule has 0 aliphatic carbocycles. The van der Waals surface area contributed by atoms with Crippen LogP contribution < -0.4 is 0 Å². The van der Waals surface area contributed by atoms with E-state index in [2.05, 4.69) is 44.2 Å². The summed E-state index contributed by atoms with van der Waals surface area (Å²) in [5.74, 6) is 0.794. The summed E-state index contributed by atoms with van der Waals surface area (Å²) in [5, 5.41) is 16.2. The van der Waals surface area contributed by atoms with Crippen LogP contribution in [0.3, 0.4) is 0 Å². The van der Waals surface area contributed by atoms with Gasteiger partial charge in [-0.1, -0.05) is 76.3 Å². The average Bonchev–Trinajstić information content (AvgIpc) is 2.61. The van der Waals surface area contributed by atoms with Crippen molar-refractivity contribution < 1.29 is 14.4 Å². The first-order valence-electron chi connectivity index (χ1n) is 8.29. The first-order chi connectivity index (χ1) is 12.1. The topological polar surface area (TPSA) is 123 Å². The Morgan fingerprint density at radius 1 is 0.760 bits per heavy atom. The van der Waals surface area contributed by atoms with Crippen molar-refractivity contribution in [2.75, 3.05) is 0 Å². The largest absolute Gasteiger partial charge is 0.231 e. The van der Waals surface area contributed by atoms with E-state index in [1.54, 1.807) is 5.56 Å². The Hall–Kier alpha value is -2.64. The highest BCUT2D eigenvalue weighted by atomic mass is 16.1. The second-order valence-corrected chi connectivity index (χ2v) is 5.05. The van der Waals surface area contributed by atoms with Crippen molar-refractivity contribution in [3.05, 3.63) is 35.9 Å². The number of unbranched alkanes of at least 4 members (excludes halogenated alkanes) is 3. The summed E-state index contributed by atoms with van der Waals surface area (Å²) < 4.78 is 0. The van der Waals surface area contributed by atoms with Gasteiger partial charge in [0.25, 0.3) is 0 Å². The first-order valence-corrected chi connectivity index (χ1v) is 8.29. The molecular formula is C19H29N3O3. The lowest BCUT2D eigenvalue weighted by Gasteiger charge is -2.16. The number of rotatable bonds is 8. The lowest BCUT2D eigenvalue weighted by molar-refractivity contribution is 0.521. The molecule has 1 unspecified atom stereocenters. The van der Waals surface area contributed by atoms with Crippen molar-refractivity contribution in [1.82, 2.24) is 0 Å². The fourth-order valence-electron chi connectivity index (χ4n) is 2.37. The van der Waals surface area contributed by atoms with Gasteiger partial charge in [-0.05, 0) is 24.3 Å². The third kappa shape index (κ3) is 23.8. The molecule has 0 bridgehead atoms. The molecule has 0 fully saturated rings. The van der Waals surface area contributed by atoms with Gasteiger partial charge < -0.3 is 0 Å². The standard InChI is InChI=1S/C16H26.3CHNO/c1-3-5-6-8-12-15(11-4-2)16-13-9-7-10-14-16;3*2-1-3/h7,9-10,13-15H,3-6,8,11-12H2,1-2H3;3*2H. The molecule has 1 atom stereocenters. The van der Waals surface area contributed by atoms with E-state index in [1.165, 1.54) is 44.9 Å². The SMILES string of the molecule is CCCCCCC(CCC)c1ccccc1.N=C=O.N=C=O.N=C=O. The van der Waals surface area contributed by atoms with Crippen LogP contribution in [0.5, 0.6) is 0 Å². The van der Waals surface area contributed by atoms with E-state index in [-0.39, 0.29) is 0 Å². The fraction of sp³-hybridized carbons (Fsp3) is 0.526. The van der Waals surface area contributed by atoms with Gasteiger partial charge in [0.2, 0.25) is 18.2 Å². The van der Waals surface area contributed by atoms with Crippen LogP contribution in [0.2, 0.25) is 0 Å². The molecule has 3 N–H and O–H groups in total. The summed E-state index contributed by atoms with van der Waals surface area (Å²) >= 11 is 0. The monoisotopic (exact) mass is 347 g/mol. The van der Waals surface area contributed by atoms with E-state index >= 15 is 0 Å². The van der Waals surface area contributed by atoms with Gasteiger partial charge in [-0.25, -0.2) is 30.6 Å². The predicted octanol–water partition coefficient (Wildman–Crippen LogP) is 5.24. The molecular weight excluding hydrogens is 318 g/mol. The smallest absolute Gasteiger partial charge is 0.222 e. The molecule has 6 nitrogen and oxygen atoms in total. The summed E-state index contributed by atoms with van der Waals surface area (Å²) in [7, 11) is 0. The molecule has 0 amide bonds. The highest BCUT2D eigenvalue weighted by molar-refractivity contribution is 5.26. The van der Waals surface area contributed by atoms with E-state index in [0.29, 0.717) is 0 Å². The minimum atomic E-state index is 0.750. The lowest BCUT2D eigenvalue weighted by atomic mass is 9.89. The van der Waals surface area contributed by atoms with Crippen molar-refractivity contribution >= 4 is 18.2 Å². The van der Waals surface area contributed by atoms with E-state index in [0.717, 1.165) is 24.2 Å². The summed E-state index contributed by atoms with van der Waals surface area (Å²) in [5.41, 5.74) is 1.54. The van der Waals surface area contributed by atoms with Gasteiger partial charge in [-0.2, -0.15) is 0 Å². The zero-order valence-electron chi connectivity index (χ0n) is 15.1. The maximum Gasteiger partial charge on any atom is 0.231 e. The Balaban J connectivity index is -0.000000451. The summed E-state index contributed by atoms with van der Waals surface area (Å²) in [6, 6.07) is 11.0. The highest BCUT2D eigenvalue weighted by Crippen LogP contribution is 2.27. The van der Waals surface area contributed by atoms with Crippen LogP contribution in [-0.2, 0) is 14.4 Å². The van der Waals surface area contributed by atoms with E-state index in [1.807, 2.05) is 0 Å². The predicted molar refractivity (Wildman–Crippen MR) is 98.1 cm³/mol. The van der Waals surface area contributed by atoms with Crippen LogP contribution in [0, 0.1) is 16.2 Å². The molecule has 1 aromatic carbocycles. The van der Waals surface area contributed by atoms with Crippen molar-refractivity contribution in [3.8, 4) is 0 Å². The van der Waals surface area contributed by atoms with Gasteiger partial charge in [0.15, 0.2) is 0 Å². The molecule has 25 heavy (non-hydrogen) atoms. The van der Waals surface area contributed by atoms with Crippen LogP contribution in [-0.4, -0.2) is 18.2 Å². The minimum Gasteiger partial charge on any atom is -0.222 e. The molecule has 0 aliphatic heterocycles. The van der Waals surface area contributed by atoms with Crippen LogP contribution in [0.4, 0.5) is 0 Å². The van der Waals surface area contributed by atoms with Gasteiger partial charge in [0, 0.05) is 0 Å². The molecule has 138 valence electrons. The highest BCUT2D eigenvalue weighted by Gasteiger charge is 2.09. The second kappa shape index (κ2) is 26.3. The Bertz CT molecular complexity index is 457. The van der Waals surface area contributed by atoms with E-state index in [4.69, 9.17) is 30.6 Å². The summed E-state index contributed by atoms with van der Waals surface area (Å²) in [4.78, 5) is 25.0. The molecule has 0 heterocycles. The number of hydrogen-bond acceptors (Lipinski definition) is 6.